The van der Waals surface area contributed by atoms with E-state index < -0.39 is 0 Å². The molecule has 0 amide bonds. The average molecular weight is 1070 g/mol. The van der Waals surface area contributed by atoms with Crippen molar-refractivity contribution in [2.75, 3.05) is 0 Å². The Morgan fingerprint density at radius 1 is 0.250 bits per heavy atom. The summed E-state index contributed by atoms with van der Waals surface area (Å²) in [4.78, 5) is 19.7. The molecule has 0 aliphatic heterocycles. The van der Waals surface area contributed by atoms with Gasteiger partial charge in [0.1, 0.15) is 0 Å². The summed E-state index contributed by atoms with van der Waals surface area (Å²) in [6.07, 6.45) is 0. The summed E-state index contributed by atoms with van der Waals surface area (Å²) in [5, 5.41) is 9.34. The molecule has 390 valence electrons. The van der Waals surface area contributed by atoms with Gasteiger partial charge in [-0.05, 0) is 96.6 Å². The van der Waals surface area contributed by atoms with Gasteiger partial charge >= 0.3 is 0 Å². The lowest BCUT2D eigenvalue weighted by Crippen LogP contribution is -2.04. The third kappa shape index (κ3) is 7.23. The first-order chi connectivity index (χ1) is 41.6. The van der Waals surface area contributed by atoms with Crippen molar-refractivity contribution in [1.82, 2.24) is 33.2 Å². The number of benzene rings is 12. The molecule has 0 atom stereocenters. The number of nitrogens with zero attached hydrogens (tertiary/aromatic N) is 8. The number of aromatic nitrogens is 7. The van der Waals surface area contributed by atoms with Crippen LogP contribution in [0, 0.1) is 6.57 Å². The molecule has 0 spiro atoms. The molecule has 0 saturated carbocycles. The molecule has 5 heterocycles. The van der Waals surface area contributed by atoms with Gasteiger partial charge in [0, 0.05) is 76.7 Å². The molecule has 8 heteroatoms. The third-order valence-electron chi connectivity index (χ3n) is 16.8. The van der Waals surface area contributed by atoms with Crippen molar-refractivity contribution in [3.8, 4) is 68.0 Å². The first-order valence-corrected chi connectivity index (χ1v) is 28.2. The van der Waals surface area contributed by atoms with Gasteiger partial charge in [0.2, 0.25) is 0 Å². The van der Waals surface area contributed by atoms with Gasteiger partial charge in [-0.15, -0.1) is 0 Å². The van der Waals surface area contributed by atoms with Crippen LogP contribution in [0.15, 0.2) is 279 Å². The SMILES string of the molecule is [C-]#[N+]c1ccc(-n2c3ccccc3c3cc(-n4c5ccccc5c5ccccc54)ccc32)c(-c2ccc(-c3nc(-c4ccccc4)nc(-c4ccccc4)n3)cc2-n2c3ccccc3c3cc(-n4c5ccccc5c5ccccc54)ccc32)c1. The molecule has 0 unspecified atom stereocenters. The van der Waals surface area contributed by atoms with Gasteiger partial charge < -0.3 is 18.3 Å². The fourth-order valence-electron chi connectivity index (χ4n) is 13.1. The lowest BCUT2D eigenvalue weighted by Gasteiger charge is -2.20. The van der Waals surface area contributed by atoms with E-state index in [1.807, 2.05) is 66.7 Å². The summed E-state index contributed by atoms with van der Waals surface area (Å²) in [7, 11) is 0. The molecule has 0 N–H and O–H groups in total. The molecule has 0 saturated heterocycles. The third-order valence-corrected chi connectivity index (χ3v) is 16.8. The fourth-order valence-corrected chi connectivity index (χ4v) is 13.1. The van der Waals surface area contributed by atoms with E-state index in [1.165, 1.54) is 21.5 Å². The Balaban J connectivity index is 0.935. The molecule has 0 radical (unpaired) electrons. The Bertz CT molecular complexity index is 5420. The maximum Gasteiger partial charge on any atom is 0.188 e. The van der Waals surface area contributed by atoms with E-state index in [0.29, 0.717) is 23.2 Å². The second kappa shape index (κ2) is 18.7. The maximum atomic E-state index is 8.52. The van der Waals surface area contributed by atoms with Crippen LogP contribution in [0.1, 0.15) is 0 Å². The molecule has 17 aromatic rings. The van der Waals surface area contributed by atoms with Gasteiger partial charge in [-0.25, -0.2) is 19.8 Å². The van der Waals surface area contributed by atoms with E-state index in [4.69, 9.17) is 21.5 Å². The van der Waals surface area contributed by atoms with Gasteiger partial charge in [0.05, 0.1) is 62.1 Å². The fraction of sp³-hybridized carbons (Fsp3) is 0. The van der Waals surface area contributed by atoms with Gasteiger partial charge in [-0.3, -0.25) is 0 Å². The summed E-state index contributed by atoms with van der Waals surface area (Å²) < 4.78 is 9.55. The zero-order valence-electron chi connectivity index (χ0n) is 45.1. The number of hydrogen-bond donors (Lipinski definition) is 0. The van der Waals surface area contributed by atoms with Crippen molar-refractivity contribution >= 4 is 92.9 Å². The van der Waals surface area contributed by atoms with Gasteiger partial charge in [-0.1, -0.05) is 188 Å². The van der Waals surface area contributed by atoms with Crippen LogP contribution in [0.2, 0.25) is 0 Å². The highest BCUT2D eigenvalue weighted by Crippen LogP contribution is 2.45. The lowest BCUT2D eigenvalue weighted by molar-refractivity contribution is 1.07. The summed E-state index contributed by atoms with van der Waals surface area (Å²) in [5.41, 5.74) is 17.8. The van der Waals surface area contributed by atoms with Gasteiger partial charge in [-0.2, -0.15) is 0 Å². The van der Waals surface area contributed by atoms with Crippen molar-refractivity contribution in [3.05, 3.63) is 290 Å². The Kier molecular flexibility index (Phi) is 10.5. The zero-order valence-corrected chi connectivity index (χ0v) is 45.1. The van der Waals surface area contributed by atoms with Crippen LogP contribution in [-0.2, 0) is 0 Å². The molecule has 0 fully saturated rings. The van der Waals surface area contributed by atoms with E-state index in [1.54, 1.807) is 0 Å². The van der Waals surface area contributed by atoms with Crippen LogP contribution in [0.4, 0.5) is 5.69 Å². The number of fused-ring (bicyclic) bond motifs is 12. The largest absolute Gasteiger partial charge is 0.309 e. The summed E-state index contributed by atoms with van der Waals surface area (Å²) in [6, 6.07) is 98.7. The summed E-state index contributed by atoms with van der Waals surface area (Å²) in [5.74, 6) is 1.71. The van der Waals surface area contributed by atoms with Crippen molar-refractivity contribution in [1.29, 1.82) is 0 Å². The summed E-state index contributed by atoms with van der Waals surface area (Å²) >= 11 is 0. The minimum absolute atomic E-state index is 0.536. The van der Waals surface area contributed by atoms with E-state index in [2.05, 4.69) is 235 Å². The first kappa shape index (κ1) is 47.2. The Morgan fingerprint density at radius 2 is 0.607 bits per heavy atom. The van der Waals surface area contributed by atoms with Crippen molar-refractivity contribution < 1.29 is 0 Å². The van der Waals surface area contributed by atoms with Crippen molar-refractivity contribution in [2.24, 2.45) is 0 Å². The standard InChI is InChI=1S/C76H46N8/c1-77-51-37-41-70(83-68-34-18-12-28-58(68)62-46-52(38-42-71(62)83)81-64-30-14-8-24-54(64)55-25-9-15-31-65(55)81)61(45-51)60-40-36-50(76-79-74(48-20-4-2-5-21-48)78-75(80-76)49-22-6-3-7-23-49)44-73(60)84-69-35-19-13-29-59(69)63-47-53(39-43-72(63)84)82-66-32-16-10-26-56(66)57-27-11-17-33-67(57)82/h2-47H. The highest BCUT2D eigenvalue weighted by atomic mass is 15.0. The summed E-state index contributed by atoms with van der Waals surface area (Å²) in [6.45, 7) is 8.52. The molecule has 12 aromatic carbocycles. The highest BCUT2D eigenvalue weighted by Gasteiger charge is 2.25. The molecule has 0 aliphatic rings. The smallest absolute Gasteiger partial charge is 0.188 e. The molecule has 17 rings (SSSR count). The van der Waals surface area contributed by atoms with Crippen LogP contribution < -0.4 is 0 Å². The van der Waals surface area contributed by atoms with Gasteiger partial charge in [0.25, 0.3) is 0 Å². The minimum atomic E-state index is 0.536. The second-order valence-corrected chi connectivity index (χ2v) is 21.4. The normalized spacial score (nSPS) is 11.8. The Morgan fingerprint density at radius 3 is 1.04 bits per heavy atom. The predicted octanol–water partition coefficient (Wildman–Crippen LogP) is 19.5. The molecule has 5 aromatic heterocycles. The van der Waals surface area contributed by atoms with Crippen LogP contribution in [0.25, 0.3) is 160 Å². The molecule has 8 nitrogen and oxygen atoms in total. The molecule has 84 heavy (non-hydrogen) atoms. The van der Waals surface area contributed by atoms with E-state index in [-0.39, 0.29) is 0 Å². The molecular formula is C76H46N8. The minimum Gasteiger partial charge on any atom is -0.309 e. The number of rotatable bonds is 8. The zero-order chi connectivity index (χ0) is 55.4. The Labute approximate surface area is 482 Å². The quantitative estimate of drug-likeness (QED) is 0.142. The van der Waals surface area contributed by atoms with Crippen LogP contribution in [-0.4, -0.2) is 33.2 Å². The second-order valence-electron chi connectivity index (χ2n) is 21.4. The monoisotopic (exact) mass is 1070 g/mol. The van der Waals surface area contributed by atoms with Gasteiger partial charge in [0.15, 0.2) is 23.2 Å². The first-order valence-electron chi connectivity index (χ1n) is 28.2. The predicted molar refractivity (Wildman–Crippen MR) is 345 cm³/mol. The molecule has 0 aliphatic carbocycles. The maximum absolute atomic E-state index is 8.52. The number of para-hydroxylation sites is 6. The van der Waals surface area contributed by atoms with Crippen molar-refractivity contribution in [2.45, 2.75) is 0 Å². The van der Waals surface area contributed by atoms with Crippen LogP contribution in [0.5, 0.6) is 0 Å². The number of hydrogen-bond acceptors (Lipinski definition) is 3. The van der Waals surface area contributed by atoms with Crippen LogP contribution >= 0.6 is 0 Å². The topological polar surface area (TPSA) is 62.8 Å². The van der Waals surface area contributed by atoms with E-state index >= 15 is 0 Å². The van der Waals surface area contributed by atoms with E-state index in [0.717, 1.165) is 116 Å². The Hall–Kier alpha value is -11.7. The van der Waals surface area contributed by atoms with Crippen LogP contribution in [0.3, 0.4) is 0 Å². The van der Waals surface area contributed by atoms with Crippen molar-refractivity contribution in [3.63, 3.8) is 0 Å². The average Bonchev–Trinajstić information content (AvgIpc) is 2.46. The lowest BCUT2D eigenvalue weighted by atomic mass is 9.98. The highest BCUT2D eigenvalue weighted by molar-refractivity contribution is 6.15. The molecule has 0 bridgehead atoms. The van der Waals surface area contributed by atoms with E-state index in [9.17, 15) is 0 Å². The molecular weight excluding hydrogens is 1020 g/mol.